The normalized spacial score (nSPS) is 16.6. The van der Waals surface area contributed by atoms with Gasteiger partial charge in [-0.1, -0.05) is 12.1 Å². The number of hydrogen-bond acceptors (Lipinski definition) is 10. The van der Waals surface area contributed by atoms with Crippen molar-refractivity contribution >= 4 is 46.0 Å². The highest BCUT2D eigenvalue weighted by atomic mass is 32.1. The molecule has 214 valence electrons. The van der Waals surface area contributed by atoms with Crippen molar-refractivity contribution in [1.29, 1.82) is 0 Å². The summed E-state index contributed by atoms with van der Waals surface area (Å²) in [6.45, 7) is 9.99. The molecule has 1 N–H and O–H groups in total. The summed E-state index contributed by atoms with van der Waals surface area (Å²) in [6, 6.07) is 5.15. The van der Waals surface area contributed by atoms with Crippen molar-refractivity contribution in [2.75, 3.05) is 12.4 Å². The topological polar surface area (TPSA) is 138 Å². The van der Waals surface area contributed by atoms with E-state index in [9.17, 15) is 24.0 Å². The molecule has 1 unspecified atom stereocenters. The first kappa shape index (κ1) is 29.2. The summed E-state index contributed by atoms with van der Waals surface area (Å²) in [7, 11) is 1.45. The lowest BCUT2D eigenvalue weighted by molar-refractivity contribution is -0.161. The van der Waals surface area contributed by atoms with E-state index in [0.29, 0.717) is 27.3 Å². The number of imide groups is 1. The zero-order valence-electron chi connectivity index (χ0n) is 23.5. The van der Waals surface area contributed by atoms with Crippen molar-refractivity contribution in [3.05, 3.63) is 45.3 Å². The van der Waals surface area contributed by atoms with Gasteiger partial charge in [0.25, 0.3) is 11.8 Å². The van der Waals surface area contributed by atoms with Gasteiger partial charge in [0.1, 0.15) is 28.1 Å². The van der Waals surface area contributed by atoms with Crippen molar-refractivity contribution in [3.8, 4) is 5.75 Å². The summed E-state index contributed by atoms with van der Waals surface area (Å²) < 4.78 is 21.9. The Bertz CT molecular complexity index is 1400. The van der Waals surface area contributed by atoms with Gasteiger partial charge in [0.15, 0.2) is 0 Å². The second-order valence-corrected chi connectivity index (χ2v) is 12.5. The molecule has 0 fully saturated rings. The van der Waals surface area contributed by atoms with Gasteiger partial charge in [-0.3, -0.25) is 19.3 Å². The van der Waals surface area contributed by atoms with Crippen LogP contribution in [-0.2, 0) is 48.2 Å². The number of ether oxygens (including phenoxy) is 4. The molecule has 1 aromatic heterocycles. The highest BCUT2D eigenvalue weighted by Gasteiger charge is 2.41. The number of esters is 2. The van der Waals surface area contributed by atoms with E-state index in [1.807, 2.05) is 0 Å². The number of fused-ring (bicyclic) bond motifs is 2. The summed E-state index contributed by atoms with van der Waals surface area (Å²) in [5.74, 6) is -3.57. The van der Waals surface area contributed by atoms with Crippen LogP contribution in [0, 0.1) is 0 Å². The lowest BCUT2D eigenvalue weighted by Crippen LogP contribution is -2.43. The molecule has 0 saturated carbocycles. The minimum absolute atomic E-state index is 0.0330. The molecule has 3 amide bonds. The minimum atomic E-state index is -1.11. The number of nitrogens with one attached hydrogen (secondary N) is 1. The molecule has 2 aliphatic heterocycles. The third-order valence-electron chi connectivity index (χ3n) is 5.97. The highest BCUT2D eigenvalue weighted by Crippen LogP contribution is 2.40. The number of rotatable bonds is 4. The van der Waals surface area contributed by atoms with Crippen LogP contribution in [0.3, 0.4) is 0 Å². The number of carbonyl (C=O) groups is 5. The van der Waals surface area contributed by atoms with Crippen LogP contribution in [-0.4, -0.2) is 59.0 Å². The first-order valence-electron chi connectivity index (χ1n) is 12.6. The fourth-order valence-corrected chi connectivity index (χ4v) is 5.52. The number of hydrogen-bond donors (Lipinski definition) is 1. The standard InChI is InChI=1S/C28H32N2O9S/c1-27(2,3)38-25(34)20-15-11-17(23(32)30-12-14-9-8-10-16(36-7)19(14)24(30)33)37-13-18(15)40-22(20)29-21(31)26(35)39-28(4,5)6/h8-10,17H,11-13H2,1-7H3,(H,29,31). The fourth-order valence-electron chi connectivity index (χ4n) is 4.39. The molecule has 11 nitrogen and oxygen atoms in total. The molecule has 0 aliphatic carbocycles. The number of methoxy groups -OCH3 is 1. The maximum atomic E-state index is 13.5. The van der Waals surface area contributed by atoms with Gasteiger partial charge in [-0.15, -0.1) is 11.3 Å². The van der Waals surface area contributed by atoms with Gasteiger partial charge < -0.3 is 24.3 Å². The molecule has 12 heteroatoms. The quantitative estimate of drug-likeness (QED) is 0.331. The van der Waals surface area contributed by atoms with Gasteiger partial charge in [-0.05, 0) is 58.7 Å². The third-order valence-corrected chi connectivity index (χ3v) is 7.09. The maximum absolute atomic E-state index is 13.5. The highest BCUT2D eigenvalue weighted by molar-refractivity contribution is 7.17. The van der Waals surface area contributed by atoms with E-state index in [-0.39, 0.29) is 30.1 Å². The Labute approximate surface area is 235 Å². The van der Waals surface area contributed by atoms with E-state index >= 15 is 0 Å². The molecular formula is C28H32N2O9S. The van der Waals surface area contributed by atoms with Crippen LogP contribution < -0.4 is 10.1 Å². The number of carbonyl (C=O) groups excluding carboxylic acids is 5. The number of nitrogens with zero attached hydrogens (tertiary/aromatic N) is 1. The van der Waals surface area contributed by atoms with Gasteiger partial charge in [0, 0.05) is 11.3 Å². The summed E-state index contributed by atoms with van der Waals surface area (Å²) in [6.07, 6.45) is -1.11. The molecule has 0 saturated heterocycles. The predicted octanol–water partition coefficient (Wildman–Crippen LogP) is 3.62. The molecule has 0 radical (unpaired) electrons. The largest absolute Gasteiger partial charge is 0.496 e. The van der Waals surface area contributed by atoms with Gasteiger partial charge in [0.05, 0.1) is 31.4 Å². The van der Waals surface area contributed by atoms with Gasteiger partial charge in [-0.2, -0.15) is 0 Å². The lowest BCUT2D eigenvalue weighted by Gasteiger charge is -2.26. The Hall–Kier alpha value is -3.77. The molecule has 0 spiro atoms. The SMILES string of the molecule is COc1cccc2c1C(=O)N(C(=O)C1Cc3c(sc(NC(=O)C(=O)OC(C)(C)C)c3C(=O)OC(C)(C)C)CO1)C2. The van der Waals surface area contributed by atoms with Crippen molar-refractivity contribution in [1.82, 2.24) is 4.90 Å². The van der Waals surface area contributed by atoms with E-state index in [0.717, 1.165) is 16.2 Å². The molecule has 1 atom stereocenters. The first-order valence-corrected chi connectivity index (χ1v) is 13.5. The van der Waals surface area contributed by atoms with Crippen molar-refractivity contribution in [3.63, 3.8) is 0 Å². The van der Waals surface area contributed by atoms with Crippen LogP contribution in [0.5, 0.6) is 5.75 Å². The van der Waals surface area contributed by atoms with E-state index in [2.05, 4.69) is 5.32 Å². The summed E-state index contributed by atoms with van der Waals surface area (Å²) >= 11 is 1.05. The van der Waals surface area contributed by atoms with Gasteiger partial charge >= 0.3 is 17.8 Å². The van der Waals surface area contributed by atoms with Crippen molar-refractivity contribution < 1.29 is 42.9 Å². The van der Waals surface area contributed by atoms with E-state index in [1.54, 1.807) is 59.7 Å². The van der Waals surface area contributed by atoms with Crippen LogP contribution in [0.25, 0.3) is 0 Å². The first-order chi connectivity index (χ1) is 18.6. The molecule has 1 aromatic carbocycles. The summed E-state index contributed by atoms with van der Waals surface area (Å²) in [5.41, 5.74) is -0.283. The van der Waals surface area contributed by atoms with Gasteiger partial charge in [0.2, 0.25) is 0 Å². The number of benzene rings is 1. The number of amides is 3. The molecule has 4 rings (SSSR count). The van der Waals surface area contributed by atoms with Crippen LogP contribution >= 0.6 is 11.3 Å². The average Bonchev–Trinajstić information content (AvgIpc) is 3.38. The smallest absolute Gasteiger partial charge is 0.397 e. The average molecular weight is 573 g/mol. The van der Waals surface area contributed by atoms with Crippen LogP contribution in [0.1, 0.15) is 78.3 Å². The minimum Gasteiger partial charge on any atom is -0.496 e. The fraction of sp³-hybridized carbons (Fsp3) is 0.464. The van der Waals surface area contributed by atoms with Gasteiger partial charge in [-0.25, -0.2) is 9.59 Å². The second-order valence-electron chi connectivity index (χ2n) is 11.4. The molecular weight excluding hydrogens is 540 g/mol. The van der Waals surface area contributed by atoms with Crippen LogP contribution in [0.4, 0.5) is 5.00 Å². The summed E-state index contributed by atoms with van der Waals surface area (Å²) in [5, 5.41) is 2.56. The number of thiophene rings is 1. The Kier molecular flexibility index (Phi) is 7.79. The molecule has 3 heterocycles. The third kappa shape index (κ3) is 6.02. The molecule has 0 bridgehead atoms. The predicted molar refractivity (Wildman–Crippen MR) is 144 cm³/mol. The summed E-state index contributed by atoms with van der Waals surface area (Å²) in [4.78, 5) is 66.6. The number of anilines is 1. The molecule has 2 aromatic rings. The van der Waals surface area contributed by atoms with E-state index in [1.165, 1.54) is 7.11 Å². The Morgan fingerprint density at radius 2 is 1.73 bits per heavy atom. The Balaban J connectivity index is 1.62. The van der Waals surface area contributed by atoms with Crippen molar-refractivity contribution in [2.45, 2.75) is 78.4 Å². The van der Waals surface area contributed by atoms with Crippen molar-refractivity contribution in [2.24, 2.45) is 0 Å². The Morgan fingerprint density at radius 1 is 1.05 bits per heavy atom. The zero-order chi connectivity index (χ0) is 29.6. The second kappa shape index (κ2) is 10.7. The lowest BCUT2D eigenvalue weighted by atomic mass is 9.99. The van der Waals surface area contributed by atoms with E-state index < -0.39 is 47.0 Å². The molecule has 40 heavy (non-hydrogen) atoms. The monoisotopic (exact) mass is 572 g/mol. The zero-order valence-corrected chi connectivity index (χ0v) is 24.3. The van der Waals surface area contributed by atoms with Crippen LogP contribution in [0.2, 0.25) is 0 Å². The molecule has 2 aliphatic rings. The van der Waals surface area contributed by atoms with E-state index in [4.69, 9.17) is 18.9 Å². The van der Waals surface area contributed by atoms with Crippen LogP contribution in [0.15, 0.2) is 18.2 Å². The Morgan fingerprint density at radius 3 is 2.35 bits per heavy atom. The maximum Gasteiger partial charge on any atom is 0.397 e.